The van der Waals surface area contributed by atoms with E-state index in [1.54, 1.807) is 12.4 Å². The highest BCUT2D eigenvalue weighted by Gasteiger charge is 2.29. The molecule has 1 aliphatic carbocycles. The number of amides is 1. The normalized spacial score (nSPS) is 18.5. The number of carbonyl (C=O) groups excluding carboxylic acids is 2. The minimum absolute atomic E-state index is 0.00312. The first kappa shape index (κ1) is 29.4. The highest BCUT2D eigenvalue weighted by molar-refractivity contribution is 6.30. The molecule has 7 nitrogen and oxygen atoms in total. The van der Waals surface area contributed by atoms with Crippen LogP contribution in [0.2, 0.25) is 5.02 Å². The molecule has 2 aromatic rings. The fourth-order valence-electron chi connectivity index (χ4n) is 5.06. The third-order valence-corrected chi connectivity index (χ3v) is 7.56. The number of nitrogens with zero attached hydrogens (tertiary/aromatic N) is 4. The SMILES string of the molecule is CN(c1ccc(C(C)(C)C)cc1)C(C(=O)NC1CCCCC1)c1cncc(Cl)c1.N#CN1CCCC1C=O. The number of likely N-dealkylation sites (tertiary alicyclic amines) is 1. The number of carbonyl (C=O) groups is 2. The Morgan fingerprint density at radius 1 is 1.16 bits per heavy atom. The van der Waals surface area contributed by atoms with Crippen molar-refractivity contribution in [1.82, 2.24) is 15.2 Å². The molecule has 1 amide bonds. The summed E-state index contributed by atoms with van der Waals surface area (Å²) < 4.78 is 0. The molecule has 1 saturated carbocycles. The molecule has 2 atom stereocenters. The van der Waals surface area contributed by atoms with Crippen molar-refractivity contribution < 1.29 is 9.59 Å². The Morgan fingerprint density at radius 2 is 1.84 bits per heavy atom. The third-order valence-electron chi connectivity index (χ3n) is 7.35. The molecular weight excluding hydrogens is 498 g/mol. The van der Waals surface area contributed by atoms with Crippen LogP contribution in [-0.2, 0) is 15.0 Å². The van der Waals surface area contributed by atoms with E-state index in [9.17, 15) is 9.59 Å². The summed E-state index contributed by atoms with van der Waals surface area (Å²) in [4.78, 5) is 31.3. The fraction of sp³-hybridized carbons (Fsp3) is 0.533. The summed E-state index contributed by atoms with van der Waals surface area (Å²) in [6, 6.07) is 9.91. The Morgan fingerprint density at radius 3 is 2.39 bits per heavy atom. The van der Waals surface area contributed by atoms with E-state index in [-0.39, 0.29) is 23.4 Å². The molecule has 0 radical (unpaired) electrons. The van der Waals surface area contributed by atoms with Crippen molar-refractivity contribution in [3.8, 4) is 6.19 Å². The minimum atomic E-state index is -0.483. The van der Waals surface area contributed by atoms with Crippen LogP contribution in [0.1, 0.15) is 82.9 Å². The molecule has 1 N–H and O–H groups in total. The zero-order chi connectivity index (χ0) is 27.7. The first-order valence-corrected chi connectivity index (χ1v) is 13.9. The van der Waals surface area contributed by atoms with Crippen molar-refractivity contribution in [2.75, 3.05) is 18.5 Å². The molecular formula is C30H40ClN5O2. The van der Waals surface area contributed by atoms with Crippen molar-refractivity contribution in [2.45, 2.75) is 89.3 Å². The van der Waals surface area contributed by atoms with Gasteiger partial charge >= 0.3 is 0 Å². The highest BCUT2D eigenvalue weighted by atomic mass is 35.5. The topological polar surface area (TPSA) is 89.3 Å². The summed E-state index contributed by atoms with van der Waals surface area (Å²) in [5.41, 5.74) is 3.14. The number of likely N-dealkylation sites (N-methyl/N-ethyl adjacent to an activating group) is 1. The third kappa shape index (κ3) is 7.94. The lowest BCUT2D eigenvalue weighted by atomic mass is 9.87. The zero-order valence-electron chi connectivity index (χ0n) is 23.0. The number of nitrogens with one attached hydrogen (secondary N) is 1. The molecule has 0 spiro atoms. The van der Waals surface area contributed by atoms with Crippen LogP contribution in [0.4, 0.5) is 5.69 Å². The quantitative estimate of drug-likeness (QED) is 0.370. The van der Waals surface area contributed by atoms with E-state index >= 15 is 0 Å². The predicted octanol–water partition coefficient (Wildman–Crippen LogP) is 5.79. The maximum atomic E-state index is 13.3. The number of benzene rings is 1. The van der Waals surface area contributed by atoms with E-state index in [0.717, 1.165) is 49.8 Å². The molecule has 0 bridgehead atoms. The molecule has 2 fully saturated rings. The van der Waals surface area contributed by atoms with Gasteiger partial charge in [0.1, 0.15) is 12.3 Å². The summed E-state index contributed by atoms with van der Waals surface area (Å²) in [7, 11) is 1.96. The Bertz CT molecular complexity index is 1100. The molecule has 2 heterocycles. The average molecular weight is 538 g/mol. The van der Waals surface area contributed by atoms with E-state index in [1.165, 1.54) is 29.7 Å². The maximum absolute atomic E-state index is 13.3. The van der Waals surface area contributed by atoms with Crippen LogP contribution >= 0.6 is 11.6 Å². The maximum Gasteiger partial charge on any atom is 0.247 e. The molecule has 1 aromatic carbocycles. The first-order valence-electron chi connectivity index (χ1n) is 13.5. The number of pyridine rings is 1. The van der Waals surface area contributed by atoms with Crippen molar-refractivity contribution in [3.05, 3.63) is 58.9 Å². The number of rotatable bonds is 6. The predicted molar refractivity (Wildman–Crippen MR) is 152 cm³/mol. The van der Waals surface area contributed by atoms with Gasteiger partial charge in [0.15, 0.2) is 6.19 Å². The fourth-order valence-corrected chi connectivity index (χ4v) is 5.24. The van der Waals surface area contributed by atoms with E-state index in [2.05, 4.69) is 55.3 Å². The van der Waals surface area contributed by atoms with Gasteiger partial charge in [-0.2, -0.15) is 5.26 Å². The number of hydrogen-bond donors (Lipinski definition) is 1. The van der Waals surface area contributed by atoms with Gasteiger partial charge in [0.2, 0.25) is 5.91 Å². The van der Waals surface area contributed by atoms with Crippen LogP contribution in [-0.4, -0.2) is 47.8 Å². The van der Waals surface area contributed by atoms with E-state index in [4.69, 9.17) is 16.9 Å². The molecule has 204 valence electrons. The number of aromatic nitrogens is 1. The van der Waals surface area contributed by atoms with Gasteiger partial charge in [-0.3, -0.25) is 9.78 Å². The smallest absolute Gasteiger partial charge is 0.247 e. The van der Waals surface area contributed by atoms with Crippen LogP contribution in [0.15, 0.2) is 42.7 Å². The van der Waals surface area contributed by atoms with Crippen LogP contribution in [0, 0.1) is 11.5 Å². The summed E-state index contributed by atoms with van der Waals surface area (Å²) in [6.45, 7) is 7.34. The second-order valence-electron chi connectivity index (χ2n) is 11.2. The second kappa shape index (κ2) is 13.6. The molecule has 4 rings (SSSR count). The Labute approximate surface area is 232 Å². The van der Waals surface area contributed by atoms with Crippen molar-refractivity contribution in [3.63, 3.8) is 0 Å². The van der Waals surface area contributed by atoms with Gasteiger partial charge in [0.05, 0.1) is 11.1 Å². The van der Waals surface area contributed by atoms with Gasteiger partial charge in [0, 0.05) is 43.3 Å². The summed E-state index contributed by atoms with van der Waals surface area (Å²) in [5.74, 6) is 0.00312. The highest BCUT2D eigenvalue weighted by Crippen LogP contribution is 2.30. The number of nitriles is 1. The molecule has 8 heteroatoms. The minimum Gasteiger partial charge on any atom is -0.359 e. The van der Waals surface area contributed by atoms with Crippen molar-refractivity contribution >= 4 is 29.5 Å². The lowest BCUT2D eigenvalue weighted by molar-refractivity contribution is -0.123. The van der Waals surface area contributed by atoms with Gasteiger partial charge in [-0.25, -0.2) is 0 Å². The van der Waals surface area contributed by atoms with Gasteiger partial charge in [-0.05, 0) is 54.9 Å². The first-order chi connectivity index (χ1) is 18.1. The van der Waals surface area contributed by atoms with Crippen LogP contribution < -0.4 is 10.2 Å². The molecule has 2 unspecified atom stereocenters. The van der Waals surface area contributed by atoms with Gasteiger partial charge in [0.25, 0.3) is 0 Å². The van der Waals surface area contributed by atoms with Crippen LogP contribution in [0.5, 0.6) is 0 Å². The lowest BCUT2D eigenvalue weighted by Crippen LogP contribution is -2.44. The number of anilines is 1. The average Bonchev–Trinajstić information content (AvgIpc) is 3.37. The van der Waals surface area contributed by atoms with E-state index in [1.807, 2.05) is 24.2 Å². The second-order valence-corrected chi connectivity index (χ2v) is 11.7. The molecule has 1 saturated heterocycles. The zero-order valence-corrected chi connectivity index (χ0v) is 23.7. The Balaban J connectivity index is 0.000000375. The number of aldehydes is 1. The van der Waals surface area contributed by atoms with Gasteiger partial charge in [-0.1, -0.05) is 63.8 Å². The van der Waals surface area contributed by atoms with Crippen molar-refractivity contribution in [1.29, 1.82) is 5.26 Å². The molecule has 38 heavy (non-hydrogen) atoms. The van der Waals surface area contributed by atoms with Crippen molar-refractivity contribution in [2.24, 2.45) is 0 Å². The van der Waals surface area contributed by atoms with E-state index in [0.29, 0.717) is 5.02 Å². The van der Waals surface area contributed by atoms with Gasteiger partial charge < -0.3 is 19.9 Å². The van der Waals surface area contributed by atoms with Gasteiger partial charge in [-0.15, -0.1) is 0 Å². The lowest BCUT2D eigenvalue weighted by Gasteiger charge is -2.32. The number of hydrogen-bond acceptors (Lipinski definition) is 6. The Hall–Kier alpha value is -3.11. The summed E-state index contributed by atoms with van der Waals surface area (Å²) in [6.07, 6.45) is 13.7. The largest absolute Gasteiger partial charge is 0.359 e. The standard InChI is InChI=1S/C24H32ClN3O.C6H8N2O/c1-24(2,3)18-10-12-21(13-11-18)28(4)22(17-14-19(25)16-26-15-17)23(29)27-20-8-6-5-7-9-20;7-5-8-3-1-2-6(8)4-9/h10-16,20,22H,5-9H2,1-4H3,(H,27,29);4,6H,1-3H2. The van der Waals surface area contributed by atoms with Crippen LogP contribution in [0.3, 0.4) is 0 Å². The molecule has 2 aliphatic rings. The van der Waals surface area contributed by atoms with Crippen LogP contribution in [0.25, 0.3) is 0 Å². The molecule has 1 aliphatic heterocycles. The molecule has 1 aromatic heterocycles. The monoisotopic (exact) mass is 537 g/mol. The Kier molecular flexibility index (Phi) is 10.6. The summed E-state index contributed by atoms with van der Waals surface area (Å²) in [5, 5.41) is 12.2. The number of halogens is 1. The summed E-state index contributed by atoms with van der Waals surface area (Å²) >= 11 is 6.19. The van der Waals surface area contributed by atoms with E-state index < -0.39 is 6.04 Å².